The molecule has 0 radical (unpaired) electrons. The van der Waals surface area contributed by atoms with Crippen molar-refractivity contribution < 1.29 is 9.53 Å². The second-order valence-corrected chi connectivity index (χ2v) is 5.93. The Labute approximate surface area is 142 Å². The topological polar surface area (TPSA) is 76.1 Å². The second kappa shape index (κ2) is 8.86. The van der Waals surface area contributed by atoms with Gasteiger partial charge in [0.1, 0.15) is 5.75 Å². The molecule has 1 aromatic heterocycles. The highest BCUT2D eigenvalue weighted by Gasteiger charge is 2.07. The Morgan fingerprint density at radius 2 is 2.00 bits per heavy atom. The van der Waals surface area contributed by atoms with Gasteiger partial charge in [-0.05, 0) is 30.0 Å². The molecule has 0 saturated carbocycles. The lowest BCUT2D eigenvalue weighted by Crippen LogP contribution is -2.27. The van der Waals surface area contributed by atoms with Crippen molar-refractivity contribution in [3.63, 3.8) is 0 Å². The van der Waals surface area contributed by atoms with Gasteiger partial charge in [-0.25, -0.2) is 9.97 Å². The third-order valence-electron chi connectivity index (χ3n) is 3.42. The molecular weight excluding hydrogens is 304 g/mol. The number of aromatic nitrogens is 2. The first-order chi connectivity index (χ1) is 11.6. The molecule has 1 aromatic carbocycles. The summed E-state index contributed by atoms with van der Waals surface area (Å²) in [5, 5.41) is 5.99. The molecule has 24 heavy (non-hydrogen) atoms. The van der Waals surface area contributed by atoms with Crippen molar-refractivity contribution in [2.75, 3.05) is 25.5 Å². The van der Waals surface area contributed by atoms with Gasteiger partial charge >= 0.3 is 0 Å². The fourth-order valence-electron chi connectivity index (χ4n) is 2.08. The molecule has 0 unspecified atom stereocenters. The van der Waals surface area contributed by atoms with Gasteiger partial charge in [0.25, 0.3) is 5.91 Å². The Bertz CT molecular complexity index is 656. The molecule has 128 valence electrons. The Hall–Kier alpha value is -2.63. The Morgan fingerprint density at radius 3 is 2.67 bits per heavy atom. The van der Waals surface area contributed by atoms with E-state index in [1.165, 1.54) is 18.0 Å². The lowest BCUT2D eigenvalue weighted by Gasteiger charge is -2.08. The fraction of sp³-hybridized carbons (Fsp3) is 0.389. The highest BCUT2D eigenvalue weighted by Crippen LogP contribution is 2.13. The summed E-state index contributed by atoms with van der Waals surface area (Å²) in [6, 6.07) is 7.94. The summed E-state index contributed by atoms with van der Waals surface area (Å²) >= 11 is 0. The Balaban J connectivity index is 1.82. The number of nitrogens with one attached hydrogen (secondary N) is 2. The van der Waals surface area contributed by atoms with Crippen LogP contribution in [0, 0.1) is 5.92 Å². The van der Waals surface area contributed by atoms with Crippen molar-refractivity contribution in [3.8, 4) is 5.75 Å². The molecule has 0 aliphatic heterocycles. The van der Waals surface area contributed by atoms with Crippen molar-refractivity contribution in [2.45, 2.75) is 20.3 Å². The molecule has 0 saturated heterocycles. The standard InChI is InChI=1S/C18H24N4O2/c1-13(2)10-20-17(23)15-11-21-18(22-12-15)19-8-7-14-5-4-6-16(9-14)24-3/h4-6,9,11-13H,7-8,10H2,1-3H3,(H,20,23)(H,19,21,22). The lowest BCUT2D eigenvalue weighted by atomic mass is 10.1. The number of hydrogen-bond donors (Lipinski definition) is 2. The number of hydrogen-bond acceptors (Lipinski definition) is 5. The van der Waals surface area contributed by atoms with Gasteiger partial charge in [-0.3, -0.25) is 4.79 Å². The zero-order valence-corrected chi connectivity index (χ0v) is 14.4. The van der Waals surface area contributed by atoms with Crippen molar-refractivity contribution in [3.05, 3.63) is 47.8 Å². The van der Waals surface area contributed by atoms with E-state index in [-0.39, 0.29) is 5.91 Å². The minimum atomic E-state index is -0.147. The molecule has 0 spiro atoms. The number of carbonyl (C=O) groups is 1. The number of benzene rings is 1. The van der Waals surface area contributed by atoms with Gasteiger partial charge in [-0.1, -0.05) is 26.0 Å². The maximum Gasteiger partial charge on any atom is 0.254 e. The van der Waals surface area contributed by atoms with Gasteiger partial charge in [0.2, 0.25) is 5.95 Å². The molecule has 0 bridgehead atoms. The summed E-state index contributed by atoms with van der Waals surface area (Å²) in [4.78, 5) is 20.3. The van der Waals surface area contributed by atoms with Crippen LogP contribution in [0.1, 0.15) is 29.8 Å². The van der Waals surface area contributed by atoms with E-state index < -0.39 is 0 Å². The summed E-state index contributed by atoms with van der Waals surface area (Å²) < 4.78 is 5.21. The molecule has 2 aromatic rings. The van der Waals surface area contributed by atoms with E-state index in [4.69, 9.17) is 4.74 Å². The van der Waals surface area contributed by atoms with Gasteiger partial charge in [0, 0.05) is 25.5 Å². The van der Waals surface area contributed by atoms with Crippen molar-refractivity contribution in [2.24, 2.45) is 5.92 Å². The largest absolute Gasteiger partial charge is 0.497 e. The summed E-state index contributed by atoms with van der Waals surface area (Å²) in [6.07, 6.45) is 3.91. The van der Waals surface area contributed by atoms with E-state index in [0.29, 0.717) is 30.5 Å². The average Bonchev–Trinajstić information content (AvgIpc) is 2.60. The first-order valence-corrected chi connectivity index (χ1v) is 8.05. The zero-order valence-electron chi connectivity index (χ0n) is 14.4. The molecule has 1 amide bonds. The predicted octanol–water partition coefficient (Wildman–Crippen LogP) is 2.53. The summed E-state index contributed by atoms with van der Waals surface area (Å²) in [7, 11) is 1.66. The van der Waals surface area contributed by atoms with Crippen LogP contribution in [0.15, 0.2) is 36.7 Å². The number of methoxy groups -OCH3 is 1. The quantitative estimate of drug-likeness (QED) is 0.779. The molecule has 0 fully saturated rings. The lowest BCUT2D eigenvalue weighted by molar-refractivity contribution is 0.0948. The van der Waals surface area contributed by atoms with E-state index in [2.05, 4.69) is 20.6 Å². The van der Waals surface area contributed by atoms with Gasteiger partial charge < -0.3 is 15.4 Å². The smallest absolute Gasteiger partial charge is 0.254 e. The highest BCUT2D eigenvalue weighted by molar-refractivity contribution is 5.93. The van der Waals surface area contributed by atoms with E-state index >= 15 is 0 Å². The first kappa shape index (κ1) is 17.7. The van der Waals surface area contributed by atoms with E-state index in [1.807, 2.05) is 38.1 Å². The zero-order chi connectivity index (χ0) is 17.4. The number of rotatable bonds is 8. The molecule has 6 nitrogen and oxygen atoms in total. The minimum Gasteiger partial charge on any atom is -0.497 e. The number of anilines is 1. The normalized spacial score (nSPS) is 10.5. The first-order valence-electron chi connectivity index (χ1n) is 8.05. The fourth-order valence-corrected chi connectivity index (χ4v) is 2.08. The number of amides is 1. The van der Waals surface area contributed by atoms with E-state index in [0.717, 1.165) is 12.2 Å². The van der Waals surface area contributed by atoms with Gasteiger partial charge in [-0.2, -0.15) is 0 Å². The number of carbonyl (C=O) groups excluding carboxylic acids is 1. The predicted molar refractivity (Wildman–Crippen MR) is 94.4 cm³/mol. The van der Waals surface area contributed by atoms with Crippen LogP contribution >= 0.6 is 0 Å². The summed E-state index contributed by atoms with van der Waals surface area (Å²) in [6.45, 7) is 5.43. The van der Waals surface area contributed by atoms with Crippen LogP contribution in [0.2, 0.25) is 0 Å². The number of ether oxygens (including phenoxy) is 1. The maximum atomic E-state index is 11.9. The summed E-state index contributed by atoms with van der Waals surface area (Å²) in [5.74, 6) is 1.62. The van der Waals surface area contributed by atoms with Crippen LogP contribution in [-0.4, -0.2) is 36.1 Å². The van der Waals surface area contributed by atoms with Crippen LogP contribution in [0.5, 0.6) is 5.75 Å². The Kier molecular flexibility index (Phi) is 6.54. The van der Waals surface area contributed by atoms with Crippen LogP contribution in [0.4, 0.5) is 5.95 Å². The monoisotopic (exact) mass is 328 g/mol. The SMILES string of the molecule is COc1cccc(CCNc2ncc(C(=O)NCC(C)C)cn2)c1. The molecule has 2 rings (SSSR count). The molecule has 2 N–H and O–H groups in total. The third kappa shape index (κ3) is 5.53. The van der Waals surface area contributed by atoms with Crippen molar-refractivity contribution >= 4 is 11.9 Å². The third-order valence-corrected chi connectivity index (χ3v) is 3.42. The van der Waals surface area contributed by atoms with Gasteiger partial charge in [-0.15, -0.1) is 0 Å². The Morgan fingerprint density at radius 1 is 1.25 bits per heavy atom. The van der Waals surface area contributed by atoms with Crippen LogP contribution in [0.25, 0.3) is 0 Å². The average molecular weight is 328 g/mol. The van der Waals surface area contributed by atoms with Gasteiger partial charge in [0.05, 0.1) is 12.7 Å². The molecule has 6 heteroatoms. The van der Waals surface area contributed by atoms with Gasteiger partial charge in [0.15, 0.2) is 0 Å². The van der Waals surface area contributed by atoms with Crippen LogP contribution in [-0.2, 0) is 6.42 Å². The molecule has 0 aliphatic rings. The summed E-state index contributed by atoms with van der Waals surface area (Å²) in [5.41, 5.74) is 1.64. The van der Waals surface area contributed by atoms with E-state index in [1.54, 1.807) is 7.11 Å². The van der Waals surface area contributed by atoms with Crippen LogP contribution in [0.3, 0.4) is 0 Å². The van der Waals surface area contributed by atoms with E-state index in [9.17, 15) is 4.79 Å². The number of nitrogens with zero attached hydrogens (tertiary/aromatic N) is 2. The molecule has 0 atom stereocenters. The molecule has 1 heterocycles. The molecular formula is C18H24N4O2. The molecule has 0 aliphatic carbocycles. The van der Waals surface area contributed by atoms with Crippen molar-refractivity contribution in [1.29, 1.82) is 0 Å². The maximum absolute atomic E-state index is 11.9. The van der Waals surface area contributed by atoms with Crippen LogP contribution < -0.4 is 15.4 Å². The minimum absolute atomic E-state index is 0.147. The van der Waals surface area contributed by atoms with Crippen molar-refractivity contribution in [1.82, 2.24) is 15.3 Å². The highest BCUT2D eigenvalue weighted by atomic mass is 16.5. The second-order valence-electron chi connectivity index (χ2n) is 5.93.